The topological polar surface area (TPSA) is 240 Å². The van der Waals surface area contributed by atoms with Crippen LogP contribution in [0.2, 0.25) is 0 Å². The first-order chi connectivity index (χ1) is 16.9. The molecule has 0 saturated carbocycles. The number of carboxylic acid groups (broad SMARTS) is 1. The third-order valence-corrected chi connectivity index (χ3v) is 5.36. The molecule has 0 saturated heterocycles. The number of benzene rings is 1. The first-order valence-corrected chi connectivity index (χ1v) is 11.6. The number of hydrogen-bond donors (Lipinski definition) is 8. The fraction of sp³-hybridized carbons (Fsp3) is 0.522. The van der Waals surface area contributed by atoms with Gasteiger partial charge in [0.05, 0.1) is 6.04 Å². The van der Waals surface area contributed by atoms with Gasteiger partial charge in [-0.3, -0.25) is 19.2 Å². The highest BCUT2D eigenvalue weighted by molar-refractivity contribution is 5.94. The number of phenolic OH excluding ortho intramolecular Hbond substituents is 1. The predicted molar refractivity (Wildman–Crippen MR) is 130 cm³/mol. The Labute approximate surface area is 209 Å². The van der Waals surface area contributed by atoms with E-state index in [1.165, 1.54) is 19.1 Å². The van der Waals surface area contributed by atoms with Gasteiger partial charge in [0.15, 0.2) is 0 Å². The molecule has 0 spiro atoms. The molecule has 0 heterocycles. The standard InChI is InChI=1S/C23H36N6O7/c1-13(27-21(33)16(25)9-10-19(26)31)20(32)29-18(12-14-5-7-15(30)8-6-14)22(34)28-17(23(35)36)4-2-3-11-24/h5-8,13,16-18,30H,2-4,9-12,24-25H2,1H3,(H2,26,31)(H,27,33)(H,28,34)(H,29,32)(H,35,36). The number of amides is 4. The van der Waals surface area contributed by atoms with Gasteiger partial charge in [-0.2, -0.15) is 0 Å². The number of nitrogens with one attached hydrogen (secondary N) is 3. The zero-order chi connectivity index (χ0) is 27.3. The summed E-state index contributed by atoms with van der Waals surface area (Å²) in [5.74, 6) is -3.94. The summed E-state index contributed by atoms with van der Waals surface area (Å²) < 4.78 is 0. The molecule has 0 fully saturated rings. The molecule has 1 aromatic carbocycles. The summed E-state index contributed by atoms with van der Waals surface area (Å²) in [6.07, 6.45) is 1.13. The molecule has 0 aromatic heterocycles. The molecule has 11 N–H and O–H groups in total. The Morgan fingerprint density at radius 1 is 0.889 bits per heavy atom. The van der Waals surface area contributed by atoms with E-state index in [0.717, 1.165) is 0 Å². The van der Waals surface area contributed by atoms with E-state index in [9.17, 15) is 34.2 Å². The zero-order valence-corrected chi connectivity index (χ0v) is 20.2. The van der Waals surface area contributed by atoms with Gasteiger partial charge in [0.2, 0.25) is 23.6 Å². The van der Waals surface area contributed by atoms with Crippen LogP contribution in [-0.2, 0) is 30.4 Å². The van der Waals surface area contributed by atoms with Gasteiger partial charge < -0.3 is 43.4 Å². The largest absolute Gasteiger partial charge is 0.508 e. The molecule has 4 amide bonds. The molecule has 0 radical (unpaired) electrons. The molecule has 1 rings (SSSR count). The van der Waals surface area contributed by atoms with Crippen molar-refractivity contribution in [2.75, 3.05) is 6.54 Å². The molecule has 0 aliphatic heterocycles. The van der Waals surface area contributed by atoms with E-state index in [-0.39, 0.29) is 31.4 Å². The highest BCUT2D eigenvalue weighted by Crippen LogP contribution is 2.12. The Kier molecular flexibility index (Phi) is 12.9. The minimum atomic E-state index is -1.22. The summed E-state index contributed by atoms with van der Waals surface area (Å²) in [6, 6.07) is 1.43. The number of nitrogens with two attached hydrogens (primary N) is 3. The number of unbranched alkanes of at least 4 members (excludes halogenated alkanes) is 1. The van der Waals surface area contributed by atoms with Crippen LogP contribution in [0.5, 0.6) is 5.75 Å². The Balaban J connectivity index is 2.93. The van der Waals surface area contributed by atoms with Crippen molar-refractivity contribution < 1.29 is 34.2 Å². The van der Waals surface area contributed by atoms with Crippen LogP contribution in [0.3, 0.4) is 0 Å². The van der Waals surface area contributed by atoms with E-state index in [2.05, 4.69) is 16.0 Å². The molecule has 200 valence electrons. The second-order valence-corrected chi connectivity index (χ2v) is 8.46. The molecule has 36 heavy (non-hydrogen) atoms. The minimum Gasteiger partial charge on any atom is -0.508 e. The zero-order valence-electron chi connectivity index (χ0n) is 20.2. The van der Waals surface area contributed by atoms with E-state index >= 15 is 0 Å². The smallest absolute Gasteiger partial charge is 0.326 e. The van der Waals surface area contributed by atoms with E-state index in [1.54, 1.807) is 12.1 Å². The van der Waals surface area contributed by atoms with Crippen molar-refractivity contribution in [3.8, 4) is 5.75 Å². The normalized spacial score (nSPS) is 14.1. The maximum absolute atomic E-state index is 13.0. The molecule has 13 nitrogen and oxygen atoms in total. The van der Waals surface area contributed by atoms with Crippen LogP contribution in [0.25, 0.3) is 0 Å². The first kappa shape index (κ1) is 30.3. The molecule has 0 aliphatic rings. The van der Waals surface area contributed by atoms with Crippen molar-refractivity contribution in [3.05, 3.63) is 29.8 Å². The van der Waals surface area contributed by atoms with E-state index < -0.39 is 53.8 Å². The number of primary amides is 1. The van der Waals surface area contributed by atoms with Crippen LogP contribution < -0.4 is 33.2 Å². The van der Waals surface area contributed by atoms with Gasteiger partial charge in [0, 0.05) is 12.8 Å². The van der Waals surface area contributed by atoms with Crippen LogP contribution in [0.1, 0.15) is 44.6 Å². The SMILES string of the molecule is CC(NC(=O)C(N)CCC(N)=O)C(=O)NC(Cc1ccc(O)cc1)C(=O)NC(CCCCN)C(=O)O. The number of aliphatic carboxylic acids is 1. The maximum atomic E-state index is 13.0. The number of carbonyl (C=O) groups excluding carboxylic acids is 4. The van der Waals surface area contributed by atoms with Crippen LogP contribution >= 0.6 is 0 Å². The number of carboxylic acids is 1. The molecular weight excluding hydrogens is 472 g/mol. The van der Waals surface area contributed by atoms with Gasteiger partial charge in [0.1, 0.15) is 23.9 Å². The van der Waals surface area contributed by atoms with E-state index in [1.807, 2.05) is 0 Å². The Morgan fingerprint density at radius 3 is 2.06 bits per heavy atom. The fourth-order valence-corrected chi connectivity index (χ4v) is 3.21. The van der Waals surface area contributed by atoms with Crippen LogP contribution in [0.4, 0.5) is 0 Å². The lowest BCUT2D eigenvalue weighted by Gasteiger charge is -2.24. The van der Waals surface area contributed by atoms with Gasteiger partial charge >= 0.3 is 5.97 Å². The number of carbonyl (C=O) groups is 5. The molecular formula is C23H36N6O7. The lowest BCUT2D eigenvalue weighted by atomic mass is 10.0. The van der Waals surface area contributed by atoms with Crippen LogP contribution in [-0.4, -0.2) is 70.5 Å². The molecule has 0 bridgehead atoms. The Bertz CT molecular complexity index is 909. The van der Waals surface area contributed by atoms with Gasteiger partial charge in [-0.15, -0.1) is 0 Å². The van der Waals surface area contributed by atoms with Crippen LogP contribution in [0, 0.1) is 0 Å². The Morgan fingerprint density at radius 2 is 1.50 bits per heavy atom. The maximum Gasteiger partial charge on any atom is 0.326 e. The summed E-state index contributed by atoms with van der Waals surface area (Å²) in [7, 11) is 0. The highest BCUT2D eigenvalue weighted by Gasteiger charge is 2.29. The fourth-order valence-electron chi connectivity index (χ4n) is 3.21. The number of aromatic hydroxyl groups is 1. The summed E-state index contributed by atoms with van der Waals surface area (Å²) in [6.45, 7) is 1.77. The van der Waals surface area contributed by atoms with Crippen molar-refractivity contribution in [1.29, 1.82) is 0 Å². The average Bonchev–Trinajstić information content (AvgIpc) is 2.82. The van der Waals surface area contributed by atoms with E-state index in [0.29, 0.717) is 24.9 Å². The number of phenols is 1. The molecule has 4 unspecified atom stereocenters. The van der Waals surface area contributed by atoms with Gasteiger partial charge in [0.25, 0.3) is 0 Å². The second kappa shape index (κ2) is 15.3. The summed E-state index contributed by atoms with van der Waals surface area (Å²) in [5, 5.41) is 26.4. The average molecular weight is 509 g/mol. The third kappa shape index (κ3) is 11.1. The summed E-state index contributed by atoms with van der Waals surface area (Å²) in [5.41, 5.74) is 16.8. The molecule has 13 heteroatoms. The molecule has 4 atom stereocenters. The number of hydrogen-bond acceptors (Lipinski definition) is 8. The first-order valence-electron chi connectivity index (χ1n) is 11.6. The number of rotatable bonds is 16. The highest BCUT2D eigenvalue weighted by atomic mass is 16.4. The van der Waals surface area contributed by atoms with Crippen molar-refractivity contribution in [2.45, 2.75) is 69.6 Å². The predicted octanol–water partition coefficient (Wildman–Crippen LogP) is -1.78. The second-order valence-electron chi connectivity index (χ2n) is 8.46. The minimum absolute atomic E-state index is 0.00211. The van der Waals surface area contributed by atoms with Gasteiger partial charge in [-0.1, -0.05) is 12.1 Å². The summed E-state index contributed by atoms with van der Waals surface area (Å²) >= 11 is 0. The monoisotopic (exact) mass is 508 g/mol. The van der Waals surface area contributed by atoms with Crippen molar-refractivity contribution in [3.63, 3.8) is 0 Å². The lowest BCUT2D eigenvalue weighted by molar-refractivity contribution is -0.142. The van der Waals surface area contributed by atoms with Crippen molar-refractivity contribution in [1.82, 2.24) is 16.0 Å². The molecule has 1 aromatic rings. The van der Waals surface area contributed by atoms with Crippen molar-refractivity contribution in [2.24, 2.45) is 17.2 Å². The Hall–Kier alpha value is -3.71. The lowest BCUT2D eigenvalue weighted by Crippen LogP contribution is -2.57. The van der Waals surface area contributed by atoms with Crippen molar-refractivity contribution >= 4 is 29.6 Å². The quantitative estimate of drug-likeness (QED) is 0.117. The van der Waals surface area contributed by atoms with Crippen LogP contribution in [0.15, 0.2) is 24.3 Å². The summed E-state index contributed by atoms with van der Waals surface area (Å²) in [4.78, 5) is 60.5. The van der Waals surface area contributed by atoms with Gasteiger partial charge in [-0.25, -0.2) is 4.79 Å². The van der Waals surface area contributed by atoms with E-state index in [4.69, 9.17) is 17.2 Å². The molecule has 0 aliphatic carbocycles. The third-order valence-electron chi connectivity index (χ3n) is 5.36. The van der Waals surface area contributed by atoms with Gasteiger partial charge in [-0.05, 0) is 56.8 Å².